The van der Waals surface area contributed by atoms with Gasteiger partial charge in [-0.3, -0.25) is 9.59 Å². The second kappa shape index (κ2) is 12.5. The lowest BCUT2D eigenvalue weighted by Gasteiger charge is -2.28. The topological polar surface area (TPSA) is 107 Å². The highest BCUT2D eigenvalue weighted by atomic mass is 35.5. The van der Waals surface area contributed by atoms with Gasteiger partial charge in [0.2, 0.25) is 5.91 Å². The molecule has 0 saturated heterocycles. The normalized spacial score (nSPS) is 15.6. The van der Waals surface area contributed by atoms with Crippen LogP contribution in [0.25, 0.3) is 0 Å². The highest BCUT2D eigenvalue weighted by molar-refractivity contribution is 8.03. The number of hydrogen-bond donors (Lipinski definition) is 3. The molecule has 0 radical (unpaired) electrons. The number of thioether (sulfide) groups is 1. The third-order valence-corrected chi connectivity index (χ3v) is 7.46. The first-order valence-corrected chi connectivity index (χ1v) is 13.5. The summed E-state index contributed by atoms with van der Waals surface area (Å²) < 4.78 is 85.2. The highest BCUT2D eigenvalue weighted by Gasteiger charge is 2.38. The first kappa shape index (κ1) is 31.6. The lowest BCUT2D eigenvalue weighted by molar-refractivity contribution is -0.138. The van der Waals surface area contributed by atoms with E-state index in [1.807, 2.05) is 6.07 Å². The fraction of sp³-hybridized carbons (Fsp3) is 0.179. The number of halogens is 7. The summed E-state index contributed by atoms with van der Waals surface area (Å²) >= 11 is 6.85. The number of rotatable bonds is 7. The van der Waals surface area contributed by atoms with E-state index in [1.165, 1.54) is 37.5 Å². The van der Waals surface area contributed by atoms with Gasteiger partial charge in [-0.25, -0.2) is 0 Å². The molecule has 0 unspecified atom stereocenters. The van der Waals surface area contributed by atoms with Crippen LogP contribution in [0.15, 0.2) is 87.1 Å². The van der Waals surface area contributed by atoms with E-state index in [0.717, 1.165) is 36.0 Å². The second-order valence-corrected chi connectivity index (χ2v) is 10.4. The van der Waals surface area contributed by atoms with E-state index in [4.69, 9.17) is 16.0 Å². The van der Waals surface area contributed by atoms with E-state index < -0.39 is 52.7 Å². The predicted octanol–water partition coefficient (Wildman–Crippen LogP) is 7.68. The van der Waals surface area contributed by atoms with Crippen LogP contribution in [0.5, 0.6) is 0 Å². The second-order valence-electron chi connectivity index (χ2n) is 8.99. The van der Waals surface area contributed by atoms with Crippen LogP contribution in [0, 0.1) is 11.3 Å². The van der Waals surface area contributed by atoms with Crippen molar-refractivity contribution >= 4 is 46.6 Å². The number of alkyl halides is 6. The van der Waals surface area contributed by atoms with Gasteiger partial charge in [0.25, 0.3) is 5.91 Å². The molecule has 7 nitrogen and oxygen atoms in total. The van der Waals surface area contributed by atoms with Crippen molar-refractivity contribution in [3.05, 3.63) is 105 Å². The summed E-state index contributed by atoms with van der Waals surface area (Å²) in [6.07, 6.45) is -8.11. The van der Waals surface area contributed by atoms with E-state index >= 15 is 0 Å². The SMILES string of the molecule is CC1=C(C(=O)Nc2cc(C(F)(F)F)ccc2Cl)[C@@H](c2ccco2)C(C#N)=C(SCC(=O)Nc2ccccc2C(F)(F)F)N1. The van der Waals surface area contributed by atoms with Crippen LogP contribution in [-0.2, 0) is 21.9 Å². The molecule has 0 bridgehead atoms. The van der Waals surface area contributed by atoms with Crippen LogP contribution in [0.3, 0.4) is 0 Å². The Kier molecular flexibility index (Phi) is 9.17. The van der Waals surface area contributed by atoms with Gasteiger partial charge in [-0.15, -0.1) is 0 Å². The largest absolute Gasteiger partial charge is 0.468 e. The lowest BCUT2D eigenvalue weighted by Crippen LogP contribution is -2.31. The number of amides is 2. The van der Waals surface area contributed by atoms with Crippen LogP contribution in [-0.4, -0.2) is 17.6 Å². The molecule has 0 fully saturated rings. The first-order valence-electron chi connectivity index (χ1n) is 12.1. The molecule has 2 amide bonds. The molecule has 43 heavy (non-hydrogen) atoms. The van der Waals surface area contributed by atoms with Gasteiger partial charge in [-0.2, -0.15) is 31.6 Å². The standard InChI is InChI=1S/C28H19ClF6N4O3S/c1-14-23(25(41)39-20-11-15(27(30,31)32)8-9-18(20)29)24(21-7-4-10-42-21)16(12-36)26(37-14)43-13-22(40)38-19-6-3-2-5-17(19)28(33,34)35/h2-11,24,37H,13H2,1H3,(H,38,40)(H,39,41)/t24-/m1/s1. The van der Waals surface area contributed by atoms with E-state index in [2.05, 4.69) is 16.0 Å². The molecule has 4 rings (SSSR count). The third kappa shape index (κ3) is 7.18. The van der Waals surface area contributed by atoms with E-state index in [0.29, 0.717) is 6.07 Å². The number of carbonyl (C=O) groups excluding carboxylic acids is 2. The third-order valence-electron chi connectivity index (χ3n) is 6.12. The minimum absolute atomic E-state index is 0.0747. The summed E-state index contributed by atoms with van der Waals surface area (Å²) in [5.41, 5.74) is -2.82. The molecule has 1 aliphatic rings. The summed E-state index contributed by atoms with van der Waals surface area (Å²) in [4.78, 5) is 26.1. The average Bonchev–Trinajstić information content (AvgIpc) is 3.46. The maximum atomic E-state index is 13.5. The molecule has 1 aliphatic heterocycles. The van der Waals surface area contributed by atoms with Gasteiger partial charge >= 0.3 is 12.4 Å². The number of furan rings is 1. The van der Waals surface area contributed by atoms with Crippen LogP contribution in [0.4, 0.5) is 37.7 Å². The Morgan fingerprint density at radius 1 is 1.02 bits per heavy atom. The van der Waals surface area contributed by atoms with Gasteiger partial charge < -0.3 is 20.4 Å². The Labute approximate surface area is 249 Å². The number of allylic oxidation sites excluding steroid dienone is 2. The zero-order valence-corrected chi connectivity index (χ0v) is 23.4. The zero-order chi connectivity index (χ0) is 31.5. The smallest absolute Gasteiger partial charge is 0.418 e. The molecule has 0 spiro atoms. The van der Waals surface area contributed by atoms with Crippen molar-refractivity contribution < 1.29 is 40.3 Å². The number of anilines is 2. The molecule has 3 N–H and O–H groups in total. The summed E-state index contributed by atoms with van der Waals surface area (Å²) in [6, 6.07) is 11.8. The Bertz CT molecular complexity index is 1660. The Morgan fingerprint density at radius 2 is 1.74 bits per heavy atom. The molecular weight excluding hydrogens is 622 g/mol. The van der Waals surface area contributed by atoms with Crippen molar-refractivity contribution in [2.45, 2.75) is 25.2 Å². The molecular formula is C28H19ClF6N4O3S. The summed E-state index contributed by atoms with van der Waals surface area (Å²) in [5.74, 6) is -3.11. The first-order chi connectivity index (χ1) is 20.2. The van der Waals surface area contributed by atoms with Gasteiger partial charge in [0.1, 0.15) is 5.76 Å². The Morgan fingerprint density at radius 3 is 2.37 bits per heavy atom. The van der Waals surface area contributed by atoms with Crippen molar-refractivity contribution in [2.24, 2.45) is 0 Å². The van der Waals surface area contributed by atoms with E-state index in [-0.39, 0.29) is 38.3 Å². The highest BCUT2D eigenvalue weighted by Crippen LogP contribution is 2.42. The van der Waals surface area contributed by atoms with E-state index in [1.54, 1.807) is 0 Å². The Balaban J connectivity index is 1.61. The maximum Gasteiger partial charge on any atom is 0.418 e. The minimum Gasteiger partial charge on any atom is -0.468 e. The van der Waals surface area contributed by atoms with Crippen molar-refractivity contribution in [3.63, 3.8) is 0 Å². The number of hydrogen-bond acceptors (Lipinski definition) is 6. The van der Waals surface area contributed by atoms with Crippen molar-refractivity contribution in [1.82, 2.24) is 5.32 Å². The molecule has 1 atom stereocenters. The molecule has 15 heteroatoms. The van der Waals surface area contributed by atoms with Crippen LogP contribution >= 0.6 is 23.4 Å². The van der Waals surface area contributed by atoms with E-state index in [9.17, 15) is 41.2 Å². The number of carbonyl (C=O) groups is 2. The summed E-state index contributed by atoms with van der Waals surface area (Å²) in [7, 11) is 0. The molecule has 2 aromatic carbocycles. The van der Waals surface area contributed by atoms with Crippen LogP contribution in [0.2, 0.25) is 5.02 Å². The number of nitrogens with one attached hydrogen (secondary N) is 3. The van der Waals surface area contributed by atoms with Gasteiger partial charge in [0, 0.05) is 5.70 Å². The van der Waals surface area contributed by atoms with Crippen molar-refractivity contribution in [3.8, 4) is 6.07 Å². The molecule has 2 heterocycles. The zero-order valence-electron chi connectivity index (χ0n) is 21.8. The molecule has 3 aromatic rings. The fourth-order valence-electron chi connectivity index (χ4n) is 4.22. The number of para-hydroxylation sites is 1. The molecule has 0 saturated carbocycles. The minimum atomic E-state index is -4.70. The van der Waals surface area contributed by atoms with Gasteiger partial charge in [-0.1, -0.05) is 35.5 Å². The van der Waals surface area contributed by atoms with Gasteiger partial charge in [0.05, 0.1) is 67.7 Å². The Hall–Kier alpha value is -4.35. The number of nitriles is 1. The monoisotopic (exact) mass is 640 g/mol. The molecule has 1 aromatic heterocycles. The van der Waals surface area contributed by atoms with Crippen molar-refractivity contribution in [2.75, 3.05) is 16.4 Å². The lowest BCUT2D eigenvalue weighted by atomic mass is 9.85. The van der Waals surface area contributed by atoms with Gasteiger partial charge in [-0.05, 0) is 49.4 Å². The summed E-state index contributed by atoms with van der Waals surface area (Å²) in [6.45, 7) is 1.47. The quantitative estimate of drug-likeness (QED) is 0.229. The maximum absolute atomic E-state index is 13.5. The number of benzene rings is 2. The predicted molar refractivity (Wildman–Crippen MR) is 148 cm³/mol. The van der Waals surface area contributed by atoms with Crippen LogP contribution in [0.1, 0.15) is 29.7 Å². The summed E-state index contributed by atoms with van der Waals surface area (Å²) in [5, 5.41) is 17.5. The molecule has 224 valence electrons. The molecule has 0 aliphatic carbocycles. The number of dihydropyridines is 1. The number of nitrogens with zero attached hydrogens (tertiary/aromatic N) is 1. The van der Waals surface area contributed by atoms with Crippen LogP contribution < -0.4 is 16.0 Å². The van der Waals surface area contributed by atoms with Gasteiger partial charge in [0.15, 0.2) is 0 Å². The average molecular weight is 641 g/mol. The fourth-order valence-corrected chi connectivity index (χ4v) is 5.27. The van der Waals surface area contributed by atoms with Crippen molar-refractivity contribution in [1.29, 1.82) is 5.26 Å².